The number of nitriles is 1. The standard InChI is InChI=1S/C18H17F3N2O/c1-2-24-12-15-6-4-3-5-14(15)11-23-16-8-7-13(10-22)17(9-16)18(19,20)21/h3-9,23H,2,11-12H2,1H3. The summed E-state index contributed by atoms with van der Waals surface area (Å²) in [5.41, 5.74) is 0.926. The lowest BCUT2D eigenvalue weighted by molar-refractivity contribution is -0.137. The fourth-order valence-corrected chi connectivity index (χ4v) is 2.27. The van der Waals surface area contributed by atoms with Gasteiger partial charge in [-0.15, -0.1) is 0 Å². The third-order valence-electron chi connectivity index (χ3n) is 3.51. The fraction of sp³-hybridized carbons (Fsp3) is 0.278. The van der Waals surface area contributed by atoms with Crippen LogP contribution in [0.1, 0.15) is 29.2 Å². The van der Waals surface area contributed by atoms with E-state index < -0.39 is 11.7 Å². The normalized spacial score (nSPS) is 11.1. The van der Waals surface area contributed by atoms with Crippen molar-refractivity contribution >= 4 is 5.69 Å². The number of rotatable bonds is 6. The second-order valence-corrected chi connectivity index (χ2v) is 5.13. The van der Waals surface area contributed by atoms with Gasteiger partial charge in [0, 0.05) is 18.8 Å². The van der Waals surface area contributed by atoms with E-state index in [0.717, 1.165) is 17.2 Å². The lowest BCUT2D eigenvalue weighted by Gasteiger charge is -2.14. The summed E-state index contributed by atoms with van der Waals surface area (Å²) < 4.78 is 44.4. The smallest absolute Gasteiger partial charge is 0.381 e. The van der Waals surface area contributed by atoms with Gasteiger partial charge in [0.2, 0.25) is 0 Å². The SMILES string of the molecule is CCOCc1ccccc1CNc1ccc(C#N)c(C(F)(F)F)c1. The van der Waals surface area contributed by atoms with Crippen molar-refractivity contribution in [2.75, 3.05) is 11.9 Å². The van der Waals surface area contributed by atoms with Gasteiger partial charge in [0.15, 0.2) is 0 Å². The zero-order chi connectivity index (χ0) is 17.6. The summed E-state index contributed by atoms with van der Waals surface area (Å²) in [5.74, 6) is 0. The summed E-state index contributed by atoms with van der Waals surface area (Å²) in [6.07, 6.45) is -4.56. The van der Waals surface area contributed by atoms with Gasteiger partial charge < -0.3 is 10.1 Å². The van der Waals surface area contributed by atoms with Gasteiger partial charge in [0.25, 0.3) is 0 Å². The quantitative estimate of drug-likeness (QED) is 0.831. The van der Waals surface area contributed by atoms with Gasteiger partial charge >= 0.3 is 6.18 Å². The number of ether oxygens (including phenoxy) is 1. The molecule has 0 aliphatic rings. The van der Waals surface area contributed by atoms with Crippen LogP contribution in [0.25, 0.3) is 0 Å². The molecule has 2 aromatic rings. The number of nitrogens with one attached hydrogen (secondary N) is 1. The van der Waals surface area contributed by atoms with Gasteiger partial charge in [0.05, 0.1) is 23.8 Å². The Morgan fingerprint density at radius 1 is 1.12 bits per heavy atom. The van der Waals surface area contributed by atoms with E-state index in [-0.39, 0.29) is 5.56 Å². The third-order valence-corrected chi connectivity index (χ3v) is 3.51. The topological polar surface area (TPSA) is 45.0 Å². The lowest BCUT2D eigenvalue weighted by Crippen LogP contribution is -2.10. The molecule has 6 heteroatoms. The van der Waals surface area contributed by atoms with Gasteiger partial charge in [0.1, 0.15) is 0 Å². The van der Waals surface area contributed by atoms with Crippen molar-refractivity contribution in [2.45, 2.75) is 26.3 Å². The highest BCUT2D eigenvalue weighted by Crippen LogP contribution is 2.33. The Morgan fingerprint density at radius 3 is 2.46 bits per heavy atom. The van der Waals surface area contributed by atoms with E-state index in [4.69, 9.17) is 10.00 Å². The monoisotopic (exact) mass is 334 g/mol. The van der Waals surface area contributed by atoms with Gasteiger partial charge in [-0.3, -0.25) is 0 Å². The molecule has 3 nitrogen and oxygen atoms in total. The number of hydrogen-bond acceptors (Lipinski definition) is 3. The number of benzene rings is 2. The molecule has 126 valence electrons. The van der Waals surface area contributed by atoms with Crippen LogP contribution in [-0.2, 0) is 24.1 Å². The highest BCUT2D eigenvalue weighted by molar-refractivity contribution is 5.53. The van der Waals surface area contributed by atoms with Crippen molar-refractivity contribution < 1.29 is 17.9 Å². The Labute approximate surface area is 138 Å². The minimum Gasteiger partial charge on any atom is -0.381 e. The predicted molar refractivity (Wildman–Crippen MR) is 85.3 cm³/mol. The van der Waals surface area contributed by atoms with E-state index in [1.165, 1.54) is 12.1 Å². The predicted octanol–water partition coefficient (Wildman–Crippen LogP) is 4.73. The Hall–Kier alpha value is -2.52. The first-order valence-corrected chi connectivity index (χ1v) is 7.45. The second kappa shape index (κ2) is 7.84. The number of hydrogen-bond donors (Lipinski definition) is 1. The first-order chi connectivity index (χ1) is 11.5. The molecule has 24 heavy (non-hydrogen) atoms. The van der Waals surface area contributed by atoms with E-state index in [9.17, 15) is 13.2 Å². The van der Waals surface area contributed by atoms with Crippen LogP contribution in [0.15, 0.2) is 42.5 Å². The van der Waals surface area contributed by atoms with E-state index in [0.29, 0.717) is 25.4 Å². The average Bonchev–Trinajstić information content (AvgIpc) is 2.57. The molecule has 0 aliphatic heterocycles. The van der Waals surface area contributed by atoms with Gasteiger partial charge in [-0.05, 0) is 36.2 Å². The summed E-state index contributed by atoms with van der Waals surface area (Å²) in [4.78, 5) is 0. The molecule has 0 aliphatic carbocycles. The summed E-state index contributed by atoms with van der Waals surface area (Å²) in [6.45, 7) is 3.31. The minimum absolute atomic E-state index is 0.313. The molecule has 0 saturated heterocycles. The van der Waals surface area contributed by atoms with Crippen LogP contribution >= 0.6 is 0 Å². The lowest BCUT2D eigenvalue weighted by atomic mass is 10.1. The van der Waals surface area contributed by atoms with Gasteiger partial charge in [-0.1, -0.05) is 24.3 Å². The van der Waals surface area contributed by atoms with Crippen LogP contribution in [0.3, 0.4) is 0 Å². The van der Waals surface area contributed by atoms with Crippen LogP contribution in [-0.4, -0.2) is 6.61 Å². The number of nitrogens with zero attached hydrogens (tertiary/aromatic N) is 1. The largest absolute Gasteiger partial charge is 0.417 e. The van der Waals surface area contributed by atoms with Crippen LogP contribution in [0.2, 0.25) is 0 Å². The summed E-state index contributed by atoms with van der Waals surface area (Å²) in [5, 5.41) is 11.8. The molecule has 0 aromatic heterocycles. The molecule has 2 aromatic carbocycles. The number of halogens is 3. The zero-order valence-corrected chi connectivity index (χ0v) is 13.2. The molecule has 0 saturated carbocycles. The molecule has 0 radical (unpaired) electrons. The summed E-state index contributed by atoms with van der Waals surface area (Å²) in [7, 11) is 0. The number of alkyl halides is 3. The number of anilines is 1. The molecular weight excluding hydrogens is 317 g/mol. The average molecular weight is 334 g/mol. The first kappa shape index (κ1) is 17.8. The van der Waals surface area contributed by atoms with Crippen molar-refractivity contribution in [3.8, 4) is 6.07 Å². The molecule has 0 bridgehead atoms. The Kier molecular flexibility index (Phi) is 5.83. The highest BCUT2D eigenvalue weighted by atomic mass is 19.4. The maximum Gasteiger partial charge on any atom is 0.417 e. The van der Waals surface area contributed by atoms with Gasteiger partial charge in [-0.2, -0.15) is 18.4 Å². The molecule has 0 fully saturated rings. The van der Waals surface area contributed by atoms with Gasteiger partial charge in [-0.25, -0.2) is 0 Å². The second-order valence-electron chi connectivity index (χ2n) is 5.13. The van der Waals surface area contributed by atoms with E-state index in [2.05, 4.69) is 5.32 Å². The first-order valence-electron chi connectivity index (χ1n) is 7.45. The van der Waals surface area contributed by atoms with Crippen LogP contribution in [0.4, 0.5) is 18.9 Å². The van der Waals surface area contributed by atoms with Crippen molar-refractivity contribution in [1.29, 1.82) is 5.26 Å². The molecule has 0 atom stereocenters. The van der Waals surface area contributed by atoms with Crippen molar-refractivity contribution in [3.63, 3.8) is 0 Å². The molecule has 2 rings (SSSR count). The maximum atomic E-state index is 13.0. The van der Waals surface area contributed by atoms with Crippen LogP contribution < -0.4 is 5.32 Å². The summed E-state index contributed by atoms with van der Waals surface area (Å²) in [6, 6.07) is 12.8. The van der Waals surface area contributed by atoms with E-state index in [1.54, 1.807) is 6.07 Å². The van der Waals surface area contributed by atoms with Crippen LogP contribution in [0, 0.1) is 11.3 Å². The molecule has 0 amide bonds. The fourth-order valence-electron chi connectivity index (χ4n) is 2.27. The Bertz CT molecular complexity index is 736. The molecule has 0 unspecified atom stereocenters. The highest BCUT2D eigenvalue weighted by Gasteiger charge is 2.33. The van der Waals surface area contributed by atoms with Crippen molar-refractivity contribution in [2.24, 2.45) is 0 Å². The molecular formula is C18H17F3N2O. The van der Waals surface area contributed by atoms with Crippen molar-refractivity contribution in [1.82, 2.24) is 0 Å². The zero-order valence-electron chi connectivity index (χ0n) is 13.2. The molecule has 0 heterocycles. The Balaban J connectivity index is 2.17. The minimum atomic E-state index is -4.56. The van der Waals surface area contributed by atoms with Crippen molar-refractivity contribution in [3.05, 3.63) is 64.7 Å². The van der Waals surface area contributed by atoms with Crippen LogP contribution in [0.5, 0.6) is 0 Å². The van der Waals surface area contributed by atoms with E-state index in [1.807, 2.05) is 31.2 Å². The molecule has 1 N–H and O–H groups in total. The maximum absolute atomic E-state index is 13.0. The summed E-state index contributed by atoms with van der Waals surface area (Å²) >= 11 is 0. The third kappa shape index (κ3) is 4.49. The Morgan fingerprint density at radius 2 is 1.83 bits per heavy atom. The molecule has 0 spiro atoms. The van der Waals surface area contributed by atoms with E-state index >= 15 is 0 Å².